The van der Waals surface area contributed by atoms with Gasteiger partial charge >= 0.3 is 0 Å². The van der Waals surface area contributed by atoms with Gasteiger partial charge in [-0.25, -0.2) is 0 Å². The van der Waals surface area contributed by atoms with Crippen molar-refractivity contribution in [1.29, 1.82) is 0 Å². The molecule has 1 atom stereocenters. The first-order valence-electron chi connectivity index (χ1n) is 9.21. The number of nitro benzene ring substituents is 1. The number of nitro groups is 1. The summed E-state index contributed by atoms with van der Waals surface area (Å²) in [6.07, 6.45) is 0. The van der Waals surface area contributed by atoms with Crippen LogP contribution in [-0.4, -0.2) is 15.9 Å². The Hall–Kier alpha value is -3.26. The van der Waals surface area contributed by atoms with Crippen LogP contribution >= 0.6 is 12.2 Å². The zero-order valence-corrected chi connectivity index (χ0v) is 17.2. The minimum Gasteiger partial charge on any atom is -0.351 e. The van der Waals surface area contributed by atoms with Crippen molar-refractivity contribution in [2.45, 2.75) is 32.7 Å². The van der Waals surface area contributed by atoms with Gasteiger partial charge in [-0.1, -0.05) is 32.0 Å². The second kappa shape index (κ2) is 8.40. The quantitative estimate of drug-likeness (QED) is 0.389. The highest BCUT2D eigenvalue weighted by molar-refractivity contribution is 7.80. The molecule has 0 aliphatic carbocycles. The lowest BCUT2D eigenvalue weighted by Crippen LogP contribution is -2.45. The molecule has 3 N–H and O–H groups in total. The minimum absolute atomic E-state index is 0.0113. The van der Waals surface area contributed by atoms with Crippen molar-refractivity contribution in [2.24, 2.45) is 0 Å². The number of allylic oxidation sites excluding steroid dienone is 1. The summed E-state index contributed by atoms with van der Waals surface area (Å²) >= 11 is 5.26. The summed E-state index contributed by atoms with van der Waals surface area (Å²) in [5, 5.41) is 20.4. The Balaban J connectivity index is 1.96. The second-order valence-corrected chi connectivity index (χ2v) is 7.52. The smallest absolute Gasteiger partial charge is 0.269 e. The molecule has 0 saturated heterocycles. The number of anilines is 1. The zero-order chi connectivity index (χ0) is 21.1. The van der Waals surface area contributed by atoms with Crippen LogP contribution in [-0.2, 0) is 4.79 Å². The Morgan fingerprint density at radius 3 is 2.45 bits per heavy atom. The second-order valence-electron chi connectivity index (χ2n) is 7.11. The predicted molar refractivity (Wildman–Crippen MR) is 117 cm³/mol. The van der Waals surface area contributed by atoms with Gasteiger partial charge in [-0.3, -0.25) is 14.9 Å². The first-order valence-corrected chi connectivity index (χ1v) is 9.61. The van der Waals surface area contributed by atoms with Crippen LogP contribution < -0.4 is 16.0 Å². The van der Waals surface area contributed by atoms with Gasteiger partial charge in [0.15, 0.2) is 5.11 Å². The highest BCUT2D eigenvalue weighted by atomic mass is 32.1. The third-order valence-corrected chi connectivity index (χ3v) is 5.00. The van der Waals surface area contributed by atoms with Gasteiger partial charge in [0.2, 0.25) is 0 Å². The minimum atomic E-state index is -0.518. The molecule has 0 aromatic heterocycles. The molecular weight excluding hydrogens is 388 g/mol. The Morgan fingerprint density at radius 1 is 1.17 bits per heavy atom. The van der Waals surface area contributed by atoms with Crippen LogP contribution in [0.3, 0.4) is 0 Å². The fraction of sp³-hybridized carbons (Fsp3) is 0.238. The number of hydrogen-bond acceptors (Lipinski definition) is 4. The summed E-state index contributed by atoms with van der Waals surface area (Å²) in [5.41, 5.74) is 3.60. The molecule has 0 bridgehead atoms. The number of para-hydroxylation sites is 1. The van der Waals surface area contributed by atoms with Crippen LogP contribution in [0.5, 0.6) is 0 Å². The molecule has 0 radical (unpaired) electrons. The number of carbonyl (C=O) groups excluding carboxylic acids is 1. The number of carbonyl (C=O) groups is 1. The first-order chi connectivity index (χ1) is 13.8. The molecule has 1 aliphatic heterocycles. The van der Waals surface area contributed by atoms with E-state index in [0.717, 1.165) is 11.3 Å². The molecule has 1 amide bonds. The van der Waals surface area contributed by atoms with E-state index in [2.05, 4.69) is 29.8 Å². The normalized spacial score (nSPS) is 16.3. The van der Waals surface area contributed by atoms with E-state index >= 15 is 0 Å². The lowest BCUT2D eigenvalue weighted by atomic mass is 9.94. The third kappa shape index (κ3) is 4.43. The number of benzene rings is 2. The third-order valence-electron chi connectivity index (χ3n) is 4.78. The lowest BCUT2D eigenvalue weighted by Gasteiger charge is -2.30. The maximum absolute atomic E-state index is 13.2. The number of rotatable bonds is 5. The van der Waals surface area contributed by atoms with E-state index in [4.69, 9.17) is 12.2 Å². The molecule has 0 fully saturated rings. The zero-order valence-electron chi connectivity index (χ0n) is 16.4. The van der Waals surface area contributed by atoms with E-state index in [1.807, 2.05) is 24.3 Å². The average molecular weight is 410 g/mol. The Kier molecular flexibility index (Phi) is 5.93. The maximum Gasteiger partial charge on any atom is 0.269 e. The number of nitrogens with one attached hydrogen (secondary N) is 3. The number of thiocarbonyl (C=S) groups is 1. The van der Waals surface area contributed by atoms with Gasteiger partial charge in [0.25, 0.3) is 11.6 Å². The summed E-state index contributed by atoms with van der Waals surface area (Å²) in [4.78, 5) is 23.7. The van der Waals surface area contributed by atoms with Crippen molar-refractivity contribution in [3.8, 4) is 0 Å². The van der Waals surface area contributed by atoms with Gasteiger partial charge in [-0.15, -0.1) is 0 Å². The van der Waals surface area contributed by atoms with Gasteiger partial charge in [0.05, 0.1) is 16.5 Å². The van der Waals surface area contributed by atoms with Crippen LogP contribution in [0.2, 0.25) is 0 Å². The van der Waals surface area contributed by atoms with E-state index in [-0.39, 0.29) is 17.5 Å². The monoisotopic (exact) mass is 410 g/mol. The van der Waals surface area contributed by atoms with Gasteiger partial charge in [0.1, 0.15) is 0 Å². The molecule has 2 aromatic rings. The SMILES string of the molecule is CC1=C(C(=O)Nc2ccccc2C(C)C)[C@@H](c2ccc([N+](=O)[O-])cc2)NC(=S)N1. The standard InChI is InChI=1S/C21H22N4O3S/c1-12(2)16-6-4-5-7-17(16)23-20(26)18-13(3)22-21(29)24-19(18)14-8-10-15(11-9-14)25(27)28/h4-12,19H,1-3H3,(H,23,26)(H2,22,24,29)/t19-/m1/s1. The van der Waals surface area contributed by atoms with Crippen LogP contribution in [0.1, 0.15) is 43.9 Å². The van der Waals surface area contributed by atoms with Gasteiger partial charge in [-0.05, 0) is 54.4 Å². The fourth-order valence-corrected chi connectivity index (χ4v) is 3.61. The maximum atomic E-state index is 13.2. The highest BCUT2D eigenvalue weighted by Gasteiger charge is 2.30. The van der Waals surface area contributed by atoms with Crippen LogP contribution in [0.4, 0.5) is 11.4 Å². The molecule has 7 nitrogen and oxygen atoms in total. The number of non-ortho nitro benzene ring substituents is 1. The van der Waals surface area contributed by atoms with Crippen molar-refractivity contribution in [3.05, 3.63) is 81.0 Å². The summed E-state index contributed by atoms with van der Waals surface area (Å²) in [6.45, 7) is 5.92. The van der Waals surface area contributed by atoms with Crippen molar-refractivity contribution < 1.29 is 9.72 Å². The predicted octanol–water partition coefficient (Wildman–Crippen LogP) is 4.15. The van der Waals surface area contributed by atoms with Crippen LogP contribution in [0.15, 0.2) is 59.8 Å². The Labute approximate surface area is 174 Å². The van der Waals surface area contributed by atoms with Crippen molar-refractivity contribution >= 4 is 34.6 Å². The van der Waals surface area contributed by atoms with Gasteiger partial charge < -0.3 is 16.0 Å². The van der Waals surface area contributed by atoms with Crippen molar-refractivity contribution in [2.75, 3.05) is 5.32 Å². The van der Waals surface area contributed by atoms with Crippen molar-refractivity contribution in [3.63, 3.8) is 0 Å². The molecule has 1 heterocycles. The van der Waals surface area contributed by atoms with E-state index in [0.29, 0.717) is 21.9 Å². The van der Waals surface area contributed by atoms with E-state index in [1.165, 1.54) is 12.1 Å². The molecule has 1 aliphatic rings. The highest BCUT2D eigenvalue weighted by Crippen LogP contribution is 2.30. The number of amides is 1. The summed E-state index contributed by atoms with van der Waals surface area (Å²) < 4.78 is 0. The number of hydrogen-bond donors (Lipinski definition) is 3. The molecule has 29 heavy (non-hydrogen) atoms. The lowest BCUT2D eigenvalue weighted by molar-refractivity contribution is -0.384. The molecule has 150 valence electrons. The first kappa shape index (κ1) is 20.5. The van der Waals surface area contributed by atoms with E-state index < -0.39 is 11.0 Å². The Bertz CT molecular complexity index is 999. The molecule has 0 spiro atoms. The molecule has 2 aromatic carbocycles. The van der Waals surface area contributed by atoms with Crippen LogP contribution in [0, 0.1) is 10.1 Å². The Morgan fingerprint density at radius 2 is 1.83 bits per heavy atom. The largest absolute Gasteiger partial charge is 0.351 e. The fourth-order valence-electron chi connectivity index (χ4n) is 3.34. The molecular formula is C21H22N4O3S. The topological polar surface area (TPSA) is 96.3 Å². The average Bonchev–Trinajstić information content (AvgIpc) is 2.67. The summed E-state index contributed by atoms with van der Waals surface area (Å²) in [7, 11) is 0. The molecule has 0 unspecified atom stereocenters. The van der Waals surface area contributed by atoms with E-state index in [1.54, 1.807) is 19.1 Å². The summed E-state index contributed by atoms with van der Waals surface area (Å²) in [6, 6.07) is 13.3. The molecule has 0 saturated carbocycles. The number of nitrogens with zero attached hydrogens (tertiary/aromatic N) is 1. The summed E-state index contributed by atoms with van der Waals surface area (Å²) in [5.74, 6) is -0.0105. The van der Waals surface area contributed by atoms with Crippen LogP contribution in [0.25, 0.3) is 0 Å². The molecule has 8 heteroatoms. The van der Waals surface area contributed by atoms with Gasteiger partial charge in [0, 0.05) is 23.5 Å². The van der Waals surface area contributed by atoms with Gasteiger partial charge in [-0.2, -0.15) is 0 Å². The molecule has 3 rings (SSSR count). The van der Waals surface area contributed by atoms with Crippen molar-refractivity contribution in [1.82, 2.24) is 10.6 Å². The van der Waals surface area contributed by atoms with E-state index in [9.17, 15) is 14.9 Å².